The number of aliphatic hydroxyl groups is 1. The highest BCUT2D eigenvalue weighted by atomic mass is 19.4. The number of pyridine rings is 1. The molecule has 0 saturated heterocycles. The van der Waals surface area contributed by atoms with Crippen LogP contribution in [0.1, 0.15) is 5.56 Å². The summed E-state index contributed by atoms with van der Waals surface area (Å²) < 4.78 is 44.1. The van der Waals surface area contributed by atoms with E-state index in [1.807, 2.05) is 4.98 Å². The second-order valence-electron chi connectivity index (χ2n) is 2.72. The summed E-state index contributed by atoms with van der Waals surface area (Å²) in [6, 6.07) is 0.911. The summed E-state index contributed by atoms with van der Waals surface area (Å²) in [5, 5.41) is 8.87. The van der Waals surface area contributed by atoms with Gasteiger partial charge in [-0.3, -0.25) is 9.78 Å². The quantitative estimate of drug-likeness (QED) is 0.817. The summed E-state index contributed by atoms with van der Waals surface area (Å²) >= 11 is 0. The highest BCUT2D eigenvalue weighted by molar-refractivity contribution is 5.39. The van der Waals surface area contributed by atoms with Crippen LogP contribution in [-0.2, 0) is 6.61 Å². The van der Waals surface area contributed by atoms with Crippen molar-refractivity contribution in [1.82, 2.24) is 4.98 Å². The van der Waals surface area contributed by atoms with Crippen molar-refractivity contribution in [3.05, 3.63) is 22.0 Å². The first kappa shape index (κ1) is 12.4. The van der Waals surface area contributed by atoms with Crippen molar-refractivity contribution >= 4 is 0 Å². The van der Waals surface area contributed by atoms with E-state index in [2.05, 4.69) is 9.47 Å². The number of methoxy groups -OCH3 is 1. The maximum atomic E-state index is 12.0. The largest absolute Gasteiger partial charge is 0.574 e. The molecule has 1 aromatic heterocycles. The van der Waals surface area contributed by atoms with Crippen molar-refractivity contribution in [3.63, 3.8) is 0 Å². The molecular weight excluding hydrogens is 231 g/mol. The van der Waals surface area contributed by atoms with Crippen molar-refractivity contribution in [1.29, 1.82) is 0 Å². The Morgan fingerprint density at radius 1 is 1.50 bits per heavy atom. The molecule has 0 bridgehead atoms. The lowest BCUT2D eigenvalue weighted by Gasteiger charge is -2.13. The van der Waals surface area contributed by atoms with Gasteiger partial charge in [-0.2, -0.15) is 0 Å². The molecule has 1 aromatic rings. The van der Waals surface area contributed by atoms with Crippen molar-refractivity contribution < 1.29 is 27.8 Å². The number of halogens is 3. The predicted octanol–water partition coefficient (Wildman–Crippen LogP) is 0.774. The number of ether oxygens (including phenoxy) is 2. The normalized spacial score (nSPS) is 11.3. The molecule has 5 nitrogen and oxygen atoms in total. The molecule has 0 aliphatic heterocycles. The number of aromatic amines is 1. The Hall–Kier alpha value is -1.70. The van der Waals surface area contributed by atoms with E-state index < -0.39 is 24.4 Å². The van der Waals surface area contributed by atoms with E-state index in [0.29, 0.717) is 0 Å². The van der Waals surface area contributed by atoms with E-state index in [9.17, 15) is 18.0 Å². The number of rotatable bonds is 3. The lowest BCUT2D eigenvalue weighted by atomic mass is 10.2. The lowest BCUT2D eigenvalue weighted by Crippen LogP contribution is -2.21. The van der Waals surface area contributed by atoms with Crippen LogP contribution in [0.3, 0.4) is 0 Å². The number of aromatic nitrogens is 1. The lowest BCUT2D eigenvalue weighted by molar-refractivity contribution is -0.276. The Morgan fingerprint density at radius 3 is 2.56 bits per heavy atom. The Morgan fingerprint density at radius 2 is 2.12 bits per heavy atom. The molecule has 2 N–H and O–H groups in total. The van der Waals surface area contributed by atoms with Crippen LogP contribution < -0.4 is 15.0 Å². The minimum atomic E-state index is -4.96. The summed E-state index contributed by atoms with van der Waals surface area (Å²) in [6.07, 6.45) is -4.96. The van der Waals surface area contributed by atoms with E-state index in [1.165, 1.54) is 0 Å². The smallest absolute Gasteiger partial charge is 0.496 e. The molecule has 0 atom stereocenters. The van der Waals surface area contributed by atoms with Gasteiger partial charge in [0.2, 0.25) is 5.88 Å². The molecule has 1 rings (SSSR count). The summed E-state index contributed by atoms with van der Waals surface area (Å²) in [5.41, 5.74) is -1.10. The molecule has 0 unspecified atom stereocenters. The van der Waals surface area contributed by atoms with E-state index in [0.717, 1.165) is 13.2 Å². The molecule has 0 aliphatic carbocycles. The van der Waals surface area contributed by atoms with Crippen LogP contribution in [0, 0.1) is 0 Å². The van der Waals surface area contributed by atoms with Gasteiger partial charge in [-0.05, 0) is 0 Å². The molecule has 16 heavy (non-hydrogen) atoms. The van der Waals surface area contributed by atoms with Gasteiger partial charge < -0.3 is 14.6 Å². The third-order valence-electron chi connectivity index (χ3n) is 1.67. The fourth-order valence-corrected chi connectivity index (χ4v) is 1.08. The van der Waals surface area contributed by atoms with Gasteiger partial charge in [-0.25, -0.2) is 0 Å². The molecule has 0 aliphatic rings. The molecule has 90 valence electrons. The topological polar surface area (TPSA) is 71.6 Å². The second-order valence-corrected chi connectivity index (χ2v) is 2.72. The Bertz CT molecular complexity index is 426. The molecule has 0 amide bonds. The highest BCUT2D eigenvalue weighted by Crippen LogP contribution is 2.28. The molecule has 8 heteroatoms. The van der Waals surface area contributed by atoms with E-state index in [-0.39, 0.29) is 11.3 Å². The fraction of sp³-hybridized carbons (Fsp3) is 0.375. The zero-order valence-corrected chi connectivity index (χ0v) is 8.09. The van der Waals surface area contributed by atoms with Crippen LogP contribution in [0.15, 0.2) is 10.9 Å². The van der Waals surface area contributed by atoms with Crippen LogP contribution in [0.25, 0.3) is 0 Å². The first-order valence-corrected chi connectivity index (χ1v) is 4.04. The molecule has 0 spiro atoms. The standard InChI is InChI=1S/C8H8F3NO4/c1-15-5-2-6(14)12-7(4(5)3-13)16-8(9,10)11/h2,13H,3H2,1H3,(H,12,14). The minimum Gasteiger partial charge on any atom is -0.496 e. The fourth-order valence-electron chi connectivity index (χ4n) is 1.08. The SMILES string of the molecule is COc1cc(=O)[nH]c(OC(F)(F)F)c1CO. The van der Waals surface area contributed by atoms with Crippen molar-refractivity contribution in [2.45, 2.75) is 13.0 Å². The number of nitrogens with one attached hydrogen (secondary N) is 1. The molecule has 0 saturated carbocycles. The molecule has 1 heterocycles. The number of aliphatic hydroxyl groups excluding tert-OH is 1. The third-order valence-corrected chi connectivity index (χ3v) is 1.67. The van der Waals surface area contributed by atoms with Gasteiger partial charge in [0.25, 0.3) is 5.56 Å². The highest BCUT2D eigenvalue weighted by Gasteiger charge is 2.33. The van der Waals surface area contributed by atoms with Crippen molar-refractivity contribution in [3.8, 4) is 11.6 Å². The summed E-state index contributed by atoms with van der Waals surface area (Å²) in [7, 11) is 1.16. The number of H-pyrrole nitrogens is 1. The third kappa shape index (κ3) is 2.89. The van der Waals surface area contributed by atoms with Crippen LogP contribution in [0.4, 0.5) is 13.2 Å². The monoisotopic (exact) mass is 239 g/mol. The maximum absolute atomic E-state index is 12.0. The predicted molar refractivity (Wildman–Crippen MR) is 46.2 cm³/mol. The Labute approximate surface area is 87.4 Å². The summed E-state index contributed by atoms with van der Waals surface area (Å²) in [6.45, 7) is -0.759. The first-order chi connectivity index (χ1) is 7.37. The maximum Gasteiger partial charge on any atom is 0.574 e. The van der Waals surface area contributed by atoms with Gasteiger partial charge in [-0.1, -0.05) is 0 Å². The number of hydrogen-bond acceptors (Lipinski definition) is 4. The van der Waals surface area contributed by atoms with Gasteiger partial charge >= 0.3 is 6.36 Å². The Balaban J connectivity index is 3.26. The average molecular weight is 239 g/mol. The van der Waals surface area contributed by atoms with Gasteiger partial charge in [0.05, 0.1) is 19.3 Å². The van der Waals surface area contributed by atoms with E-state index >= 15 is 0 Å². The first-order valence-electron chi connectivity index (χ1n) is 4.04. The van der Waals surface area contributed by atoms with Crippen LogP contribution in [-0.4, -0.2) is 23.6 Å². The second kappa shape index (κ2) is 4.44. The zero-order chi connectivity index (χ0) is 12.3. The van der Waals surface area contributed by atoms with Crippen LogP contribution in [0.5, 0.6) is 11.6 Å². The summed E-state index contributed by atoms with van der Waals surface area (Å²) in [5.74, 6) is -1.05. The van der Waals surface area contributed by atoms with Crippen LogP contribution in [0.2, 0.25) is 0 Å². The molecule has 0 fully saturated rings. The Kier molecular flexibility index (Phi) is 3.43. The van der Waals surface area contributed by atoms with E-state index in [1.54, 1.807) is 0 Å². The number of alkyl halides is 3. The van der Waals surface area contributed by atoms with E-state index in [4.69, 9.17) is 5.11 Å². The van der Waals surface area contributed by atoms with Gasteiger partial charge in [-0.15, -0.1) is 13.2 Å². The molecule has 0 radical (unpaired) electrons. The minimum absolute atomic E-state index is 0.175. The molecule has 0 aromatic carbocycles. The number of hydrogen-bond donors (Lipinski definition) is 2. The van der Waals surface area contributed by atoms with Crippen molar-refractivity contribution in [2.24, 2.45) is 0 Å². The van der Waals surface area contributed by atoms with Crippen LogP contribution >= 0.6 is 0 Å². The summed E-state index contributed by atoms with van der Waals surface area (Å²) in [4.78, 5) is 12.8. The molecular formula is C8H8F3NO4. The van der Waals surface area contributed by atoms with Gasteiger partial charge in [0, 0.05) is 6.07 Å². The van der Waals surface area contributed by atoms with Crippen molar-refractivity contribution in [2.75, 3.05) is 7.11 Å². The van der Waals surface area contributed by atoms with Gasteiger partial charge in [0.15, 0.2) is 0 Å². The zero-order valence-electron chi connectivity index (χ0n) is 8.09. The average Bonchev–Trinajstić information content (AvgIpc) is 2.14. The van der Waals surface area contributed by atoms with Gasteiger partial charge in [0.1, 0.15) is 5.75 Å².